The molecule has 36 heavy (non-hydrogen) atoms. The third-order valence-corrected chi connectivity index (χ3v) is 7.84. The highest BCUT2D eigenvalue weighted by molar-refractivity contribution is 14.1. The van der Waals surface area contributed by atoms with E-state index in [-0.39, 0.29) is 18.9 Å². The number of hydrogen-bond acceptors (Lipinski definition) is 4. The Morgan fingerprint density at radius 2 is 1.58 bits per heavy atom. The fourth-order valence-corrected chi connectivity index (χ4v) is 5.16. The van der Waals surface area contributed by atoms with Crippen LogP contribution in [0.3, 0.4) is 0 Å². The zero-order valence-electron chi connectivity index (χ0n) is 19.9. The van der Waals surface area contributed by atoms with Gasteiger partial charge in [-0.1, -0.05) is 60.1 Å². The van der Waals surface area contributed by atoms with Crippen LogP contribution < -0.4 is 9.62 Å². The second-order valence-corrected chi connectivity index (χ2v) is 11.7. The average Bonchev–Trinajstić information content (AvgIpc) is 2.85. The van der Waals surface area contributed by atoms with Crippen molar-refractivity contribution in [1.29, 1.82) is 0 Å². The molecule has 0 radical (unpaired) electrons. The highest BCUT2D eigenvalue weighted by Gasteiger charge is 2.32. The number of amides is 2. The number of halogens is 2. The predicted octanol–water partition coefficient (Wildman–Crippen LogP) is 4.10. The molecule has 0 spiro atoms. The maximum Gasteiger partial charge on any atom is 0.244 e. The first kappa shape index (κ1) is 27.9. The third-order valence-electron chi connectivity index (χ3n) is 5.61. The molecule has 0 saturated heterocycles. The molecule has 190 valence electrons. The second-order valence-electron chi connectivity index (χ2n) is 8.18. The van der Waals surface area contributed by atoms with Crippen LogP contribution >= 0.6 is 34.2 Å². The summed E-state index contributed by atoms with van der Waals surface area (Å²) in [6, 6.07) is 22.3. The van der Waals surface area contributed by atoms with E-state index in [1.807, 2.05) is 30.3 Å². The van der Waals surface area contributed by atoms with Crippen LogP contribution in [0.25, 0.3) is 0 Å². The van der Waals surface area contributed by atoms with Crippen molar-refractivity contribution in [2.24, 2.45) is 0 Å². The van der Waals surface area contributed by atoms with Gasteiger partial charge < -0.3 is 10.2 Å². The number of hydrogen-bond donors (Lipinski definition) is 1. The number of rotatable bonds is 10. The van der Waals surface area contributed by atoms with Crippen molar-refractivity contribution in [1.82, 2.24) is 10.2 Å². The number of benzene rings is 3. The van der Waals surface area contributed by atoms with Crippen molar-refractivity contribution < 1.29 is 18.0 Å². The number of nitrogens with one attached hydrogen (secondary N) is 1. The van der Waals surface area contributed by atoms with Crippen LogP contribution in [0.15, 0.2) is 78.9 Å². The number of nitrogens with zero attached hydrogens (tertiary/aromatic N) is 2. The van der Waals surface area contributed by atoms with Crippen molar-refractivity contribution in [3.8, 4) is 0 Å². The van der Waals surface area contributed by atoms with Gasteiger partial charge in [0.1, 0.15) is 12.6 Å². The normalized spacial score (nSPS) is 12.0. The molecule has 2 amide bonds. The summed E-state index contributed by atoms with van der Waals surface area (Å²) in [6.45, 7) is -0.431. The van der Waals surface area contributed by atoms with Crippen LogP contribution in [-0.2, 0) is 32.6 Å². The van der Waals surface area contributed by atoms with Crippen LogP contribution in [0.1, 0.15) is 11.1 Å². The van der Waals surface area contributed by atoms with E-state index in [1.54, 1.807) is 48.5 Å². The first-order chi connectivity index (χ1) is 17.1. The Hall–Kier alpha value is -2.63. The van der Waals surface area contributed by atoms with Gasteiger partial charge >= 0.3 is 0 Å². The van der Waals surface area contributed by atoms with Crippen molar-refractivity contribution in [3.63, 3.8) is 0 Å². The topological polar surface area (TPSA) is 86.8 Å². The molecule has 0 aliphatic heterocycles. The van der Waals surface area contributed by atoms with Crippen molar-refractivity contribution in [2.45, 2.75) is 19.0 Å². The van der Waals surface area contributed by atoms with E-state index in [0.717, 1.165) is 19.7 Å². The predicted molar refractivity (Wildman–Crippen MR) is 151 cm³/mol. The van der Waals surface area contributed by atoms with Gasteiger partial charge in [0.2, 0.25) is 21.8 Å². The van der Waals surface area contributed by atoms with Gasteiger partial charge in [0.05, 0.1) is 11.9 Å². The van der Waals surface area contributed by atoms with Gasteiger partial charge in [0, 0.05) is 28.6 Å². The molecule has 0 bridgehead atoms. The number of carbonyl (C=O) groups is 2. The maximum absolute atomic E-state index is 13.8. The number of likely N-dealkylation sites (N-methyl/N-ethyl adjacent to an activating group) is 1. The van der Waals surface area contributed by atoms with E-state index in [1.165, 1.54) is 11.9 Å². The van der Waals surface area contributed by atoms with Crippen LogP contribution in [0.5, 0.6) is 0 Å². The largest absolute Gasteiger partial charge is 0.357 e. The maximum atomic E-state index is 13.8. The van der Waals surface area contributed by atoms with Gasteiger partial charge in [-0.3, -0.25) is 13.9 Å². The molecule has 0 saturated carbocycles. The molecule has 0 heterocycles. The van der Waals surface area contributed by atoms with Crippen molar-refractivity contribution >= 4 is 61.7 Å². The molecule has 7 nitrogen and oxygen atoms in total. The van der Waals surface area contributed by atoms with Crippen molar-refractivity contribution in [3.05, 3.63) is 98.6 Å². The summed E-state index contributed by atoms with van der Waals surface area (Å²) in [5.41, 5.74) is 1.87. The quantitative estimate of drug-likeness (QED) is 0.339. The van der Waals surface area contributed by atoms with Gasteiger partial charge in [-0.2, -0.15) is 0 Å². The fourth-order valence-electron chi connectivity index (χ4n) is 3.75. The molecule has 0 aliphatic carbocycles. The van der Waals surface area contributed by atoms with Gasteiger partial charge in [-0.25, -0.2) is 8.42 Å². The molecule has 3 aromatic rings. The van der Waals surface area contributed by atoms with E-state index in [4.69, 9.17) is 11.6 Å². The smallest absolute Gasteiger partial charge is 0.244 e. The monoisotopic (exact) mass is 639 g/mol. The lowest BCUT2D eigenvalue weighted by Crippen LogP contribution is -2.52. The molecule has 1 N–H and O–H groups in total. The van der Waals surface area contributed by atoms with Crippen LogP contribution in [-0.4, -0.2) is 51.0 Å². The summed E-state index contributed by atoms with van der Waals surface area (Å²) in [6.07, 6.45) is 1.30. The van der Waals surface area contributed by atoms with Gasteiger partial charge in [0.25, 0.3) is 0 Å². The summed E-state index contributed by atoms with van der Waals surface area (Å²) >= 11 is 8.52. The Morgan fingerprint density at radius 1 is 0.972 bits per heavy atom. The minimum atomic E-state index is -3.79. The summed E-state index contributed by atoms with van der Waals surface area (Å²) in [5.74, 6) is -0.886. The van der Waals surface area contributed by atoms with Crippen LogP contribution in [0.2, 0.25) is 5.02 Å². The van der Waals surface area contributed by atoms with Crippen molar-refractivity contribution in [2.75, 3.05) is 24.2 Å². The highest BCUT2D eigenvalue weighted by Crippen LogP contribution is 2.23. The lowest BCUT2D eigenvalue weighted by atomic mass is 10.0. The zero-order chi connectivity index (χ0) is 26.3. The summed E-state index contributed by atoms with van der Waals surface area (Å²) < 4.78 is 27.4. The Labute approximate surface area is 230 Å². The molecular weight excluding hydrogens is 613 g/mol. The Kier molecular flexibility index (Phi) is 9.75. The van der Waals surface area contributed by atoms with E-state index < -0.39 is 28.5 Å². The van der Waals surface area contributed by atoms with Crippen LogP contribution in [0, 0.1) is 3.57 Å². The Balaban J connectivity index is 2.03. The SMILES string of the molecule is CNC(=O)[C@H](Cc1ccccc1)N(Cc1ccccc1Cl)C(=O)CN(c1ccc(I)cc1)S(C)(=O)=O. The fraction of sp³-hybridized carbons (Fsp3) is 0.231. The van der Waals surface area contributed by atoms with E-state index in [2.05, 4.69) is 27.9 Å². The second kappa shape index (κ2) is 12.6. The molecular formula is C26H27ClIN3O4S. The summed E-state index contributed by atoms with van der Waals surface area (Å²) in [5, 5.41) is 3.09. The Bertz CT molecular complexity index is 1300. The first-order valence-electron chi connectivity index (χ1n) is 11.1. The van der Waals surface area contributed by atoms with Crippen LogP contribution in [0.4, 0.5) is 5.69 Å². The summed E-state index contributed by atoms with van der Waals surface area (Å²) in [4.78, 5) is 28.3. The van der Waals surface area contributed by atoms with Gasteiger partial charge in [-0.15, -0.1) is 0 Å². The minimum Gasteiger partial charge on any atom is -0.357 e. The molecule has 0 unspecified atom stereocenters. The van der Waals surface area contributed by atoms with Gasteiger partial charge in [0.15, 0.2) is 0 Å². The molecule has 10 heteroatoms. The van der Waals surface area contributed by atoms with E-state index >= 15 is 0 Å². The third kappa shape index (κ3) is 7.44. The lowest BCUT2D eigenvalue weighted by Gasteiger charge is -2.33. The highest BCUT2D eigenvalue weighted by atomic mass is 127. The molecule has 0 aliphatic rings. The molecule has 3 rings (SSSR count). The summed E-state index contributed by atoms with van der Waals surface area (Å²) in [7, 11) is -2.29. The van der Waals surface area contributed by atoms with E-state index in [9.17, 15) is 18.0 Å². The number of carbonyl (C=O) groups excluding carboxylic acids is 2. The first-order valence-corrected chi connectivity index (χ1v) is 14.4. The number of anilines is 1. The van der Waals surface area contributed by atoms with E-state index in [0.29, 0.717) is 16.3 Å². The standard InChI is InChI=1S/C26H27ClIN3O4S/c1-29-26(33)24(16-19-8-4-3-5-9-19)30(17-20-10-6-7-11-23(20)27)25(32)18-31(36(2,34)35)22-14-12-21(28)13-15-22/h3-15,24H,16-18H2,1-2H3,(H,29,33)/t24-/m0/s1. The molecule has 1 atom stereocenters. The van der Waals surface area contributed by atoms with Gasteiger partial charge in [-0.05, 0) is 64.0 Å². The molecule has 0 aromatic heterocycles. The lowest BCUT2D eigenvalue weighted by molar-refractivity contribution is -0.139. The molecule has 3 aromatic carbocycles. The average molecular weight is 640 g/mol. The zero-order valence-corrected chi connectivity index (χ0v) is 23.6. The molecule has 0 fully saturated rings. The minimum absolute atomic E-state index is 0.0354. The number of sulfonamides is 1. The Morgan fingerprint density at radius 3 is 2.17 bits per heavy atom.